The number of benzene rings is 1. The number of alkyl halides is 3. The van der Waals surface area contributed by atoms with Gasteiger partial charge in [0.1, 0.15) is 12.6 Å². The second-order valence-electron chi connectivity index (χ2n) is 5.67. The first-order valence-corrected chi connectivity index (χ1v) is 7.35. The zero-order valence-electron chi connectivity index (χ0n) is 13.1. The average molecular weight is 359 g/mol. The highest BCUT2D eigenvalue weighted by atomic mass is 19.4. The standard InChI is InChI=1S/C15H16F3N3O4/c1-8-6-11(13(24)21(8)7-12(22)23)20-14(25)19-10-4-2-9(3-5-10)15(16,17)18/h2-5,8,11H,6-7H2,1H3,(H,22,23)(H2,19,20,25)/t8?,11-/m0/s1. The summed E-state index contributed by atoms with van der Waals surface area (Å²) >= 11 is 0. The fourth-order valence-corrected chi connectivity index (χ4v) is 2.55. The smallest absolute Gasteiger partial charge is 0.416 e. The van der Waals surface area contributed by atoms with Gasteiger partial charge in [0, 0.05) is 11.7 Å². The highest BCUT2D eigenvalue weighted by molar-refractivity contribution is 5.95. The molecular formula is C15H16F3N3O4. The van der Waals surface area contributed by atoms with Gasteiger partial charge in [-0.15, -0.1) is 0 Å². The number of urea groups is 1. The molecule has 25 heavy (non-hydrogen) atoms. The minimum Gasteiger partial charge on any atom is -0.480 e. The number of likely N-dealkylation sites (tertiary alicyclic amines) is 1. The Morgan fingerprint density at radius 1 is 1.28 bits per heavy atom. The molecular weight excluding hydrogens is 343 g/mol. The summed E-state index contributed by atoms with van der Waals surface area (Å²) in [6, 6.07) is 1.85. The van der Waals surface area contributed by atoms with Gasteiger partial charge in [0.05, 0.1) is 5.56 Å². The third-order valence-corrected chi connectivity index (χ3v) is 3.77. The highest BCUT2D eigenvalue weighted by Crippen LogP contribution is 2.29. The van der Waals surface area contributed by atoms with Crippen LogP contribution < -0.4 is 10.6 Å². The normalized spacial score (nSPS) is 20.5. The van der Waals surface area contributed by atoms with Crippen LogP contribution in [0.25, 0.3) is 0 Å². The van der Waals surface area contributed by atoms with E-state index in [9.17, 15) is 27.6 Å². The molecule has 1 fully saturated rings. The van der Waals surface area contributed by atoms with Gasteiger partial charge in [0.2, 0.25) is 5.91 Å². The largest absolute Gasteiger partial charge is 0.480 e. The van der Waals surface area contributed by atoms with E-state index in [1.807, 2.05) is 0 Å². The fraction of sp³-hybridized carbons (Fsp3) is 0.400. The fourth-order valence-electron chi connectivity index (χ4n) is 2.55. The van der Waals surface area contributed by atoms with Crippen molar-refractivity contribution in [2.75, 3.05) is 11.9 Å². The molecule has 1 heterocycles. The molecule has 3 amide bonds. The van der Waals surface area contributed by atoms with Crippen molar-refractivity contribution in [3.8, 4) is 0 Å². The summed E-state index contributed by atoms with van der Waals surface area (Å²) in [7, 11) is 0. The molecule has 0 radical (unpaired) electrons. The van der Waals surface area contributed by atoms with Crippen molar-refractivity contribution in [1.29, 1.82) is 0 Å². The summed E-state index contributed by atoms with van der Waals surface area (Å²) in [5.74, 6) is -1.67. The van der Waals surface area contributed by atoms with Crippen LogP contribution in [-0.4, -0.2) is 46.5 Å². The summed E-state index contributed by atoms with van der Waals surface area (Å²) in [4.78, 5) is 35.9. The number of hydrogen-bond acceptors (Lipinski definition) is 3. The first-order chi connectivity index (χ1) is 11.6. The minimum absolute atomic E-state index is 0.131. The molecule has 1 unspecified atom stereocenters. The second kappa shape index (κ2) is 6.99. The summed E-state index contributed by atoms with van der Waals surface area (Å²) in [6.07, 6.45) is -4.23. The number of halogens is 3. The molecule has 136 valence electrons. The van der Waals surface area contributed by atoms with Crippen LogP contribution in [0.4, 0.5) is 23.7 Å². The van der Waals surface area contributed by atoms with Gasteiger partial charge >= 0.3 is 18.2 Å². The van der Waals surface area contributed by atoms with Crippen molar-refractivity contribution >= 4 is 23.6 Å². The van der Waals surface area contributed by atoms with E-state index in [1.54, 1.807) is 6.92 Å². The molecule has 2 rings (SSSR count). The van der Waals surface area contributed by atoms with Crippen molar-refractivity contribution in [3.63, 3.8) is 0 Å². The van der Waals surface area contributed by atoms with Gasteiger partial charge < -0.3 is 20.6 Å². The summed E-state index contributed by atoms with van der Waals surface area (Å²) in [5.41, 5.74) is -0.714. The van der Waals surface area contributed by atoms with Gasteiger partial charge in [0.15, 0.2) is 0 Å². The molecule has 2 atom stereocenters. The number of carboxylic acids is 1. The zero-order chi connectivity index (χ0) is 18.8. The third kappa shape index (κ3) is 4.61. The van der Waals surface area contributed by atoms with Crippen LogP contribution in [0.3, 0.4) is 0 Å². The highest BCUT2D eigenvalue weighted by Gasteiger charge is 2.38. The SMILES string of the molecule is CC1C[C@H](NC(=O)Nc2ccc(C(F)(F)F)cc2)C(=O)N1CC(=O)O. The molecule has 3 N–H and O–H groups in total. The number of carbonyl (C=O) groups excluding carboxylic acids is 2. The first kappa shape index (κ1) is 18.6. The number of nitrogens with one attached hydrogen (secondary N) is 2. The van der Waals surface area contributed by atoms with Crippen molar-refractivity contribution in [2.45, 2.75) is 31.6 Å². The predicted molar refractivity (Wildman–Crippen MR) is 80.8 cm³/mol. The summed E-state index contributed by atoms with van der Waals surface area (Å²) in [6.45, 7) is 1.20. The lowest BCUT2D eigenvalue weighted by atomic mass is 10.2. The van der Waals surface area contributed by atoms with E-state index in [0.717, 1.165) is 29.2 Å². The molecule has 0 bridgehead atoms. The zero-order valence-corrected chi connectivity index (χ0v) is 13.1. The predicted octanol–water partition coefficient (Wildman–Crippen LogP) is 1.90. The lowest BCUT2D eigenvalue weighted by Crippen LogP contribution is -2.44. The third-order valence-electron chi connectivity index (χ3n) is 3.77. The average Bonchev–Trinajstić information content (AvgIpc) is 2.74. The molecule has 1 aliphatic heterocycles. The number of hydrogen-bond donors (Lipinski definition) is 3. The lowest BCUT2D eigenvalue weighted by Gasteiger charge is -2.18. The molecule has 1 aliphatic rings. The number of carbonyl (C=O) groups is 3. The van der Waals surface area contributed by atoms with Crippen LogP contribution in [0.5, 0.6) is 0 Å². The van der Waals surface area contributed by atoms with Crippen LogP contribution in [0.15, 0.2) is 24.3 Å². The molecule has 7 nitrogen and oxygen atoms in total. The Morgan fingerprint density at radius 2 is 1.88 bits per heavy atom. The second-order valence-corrected chi connectivity index (χ2v) is 5.67. The Hall–Kier alpha value is -2.78. The van der Waals surface area contributed by atoms with Gasteiger partial charge in [-0.3, -0.25) is 9.59 Å². The van der Waals surface area contributed by atoms with Gasteiger partial charge in [-0.25, -0.2) is 4.79 Å². The maximum atomic E-state index is 12.5. The van der Waals surface area contributed by atoms with E-state index < -0.39 is 42.2 Å². The number of amides is 3. The molecule has 0 aliphatic carbocycles. The van der Waals surface area contributed by atoms with E-state index >= 15 is 0 Å². The van der Waals surface area contributed by atoms with Gasteiger partial charge in [-0.05, 0) is 37.6 Å². The van der Waals surface area contributed by atoms with Crippen molar-refractivity contribution in [1.82, 2.24) is 10.2 Å². The molecule has 1 aromatic rings. The lowest BCUT2D eigenvalue weighted by molar-refractivity contribution is -0.144. The van der Waals surface area contributed by atoms with Crippen LogP contribution in [0.2, 0.25) is 0 Å². The molecule has 10 heteroatoms. The van der Waals surface area contributed by atoms with E-state index in [-0.39, 0.29) is 18.2 Å². The van der Waals surface area contributed by atoms with Crippen molar-refractivity contribution in [3.05, 3.63) is 29.8 Å². The number of nitrogens with zero attached hydrogens (tertiary/aromatic N) is 1. The molecule has 1 aromatic carbocycles. The van der Waals surface area contributed by atoms with E-state index in [2.05, 4.69) is 10.6 Å². The van der Waals surface area contributed by atoms with Crippen LogP contribution in [-0.2, 0) is 15.8 Å². The monoisotopic (exact) mass is 359 g/mol. The Kier molecular flexibility index (Phi) is 5.19. The summed E-state index contributed by atoms with van der Waals surface area (Å²) < 4.78 is 37.4. The van der Waals surface area contributed by atoms with E-state index in [4.69, 9.17) is 5.11 Å². The molecule has 0 spiro atoms. The van der Waals surface area contributed by atoms with Gasteiger partial charge in [0.25, 0.3) is 0 Å². The Labute approximate surface area is 140 Å². The Balaban J connectivity index is 1.94. The minimum atomic E-state index is -4.47. The number of carboxylic acid groups (broad SMARTS) is 1. The number of anilines is 1. The quantitative estimate of drug-likeness (QED) is 0.765. The van der Waals surface area contributed by atoms with Crippen molar-refractivity contribution in [2.24, 2.45) is 0 Å². The summed E-state index contributed by atoms with van der Waals surface area (Å²) in [5, 5.41) is 13.5. The van der Waals surface area contributed by atoms with E-state index in [1.165, 1.54) is 0 Å². The molecule has 0 aromatic heterocycles. The molecule has 1 saturated heterocycles. The Bertz CT molecular complexity index is 676. The maximum Gasteiger partial charge on any atom is 0.416 e. The number of rotatable bonds is 4. The van der Waals surface area contributed by atoms with Gasteiger partial charge in [-0.2, -0.15) is 13.2 Å². The van der Waals surface area contributed by atoms with Crippen molar-refractivity contribution < 1.29 is 32.7 Å². The topological polar surface area (TPSA) is 98.7 Å². The van der Waals surface area contributed by atoms with Gasteiger partial charge in [-0.1, -0.05) is 0 Å². The Morgan fingerprint density at radius 3 is 2.40 bits per heavy atom. The van der Waals surface area contributed by atoms with Crippen LogP contribution in [0, 0.1) is 0 Å². The van der Waals surface area contributed by atoms with Crippen LogP contribution >= 0.6 is 0 Å². The molecule has 0 saturated carbocycles. The van der Waals surface area contributed by atoms with E-state index in [0.29, 0.717) is 0 Å². The van der Waals surface area contributed by atoms with Crippen LogP contribution in [0.1, 0.15) is 18.9 Å². The maximum absolute atomic E-state index is 12.5. The first-order valence-electron chi connectivity index (χ1n) is 7.35. The number of aliphatic carboxylic acids is 1.